The Morgan fingerprint density at radius 3 is 1.69 bits per heavy atom. The summed E-state index contributed by atoms with van der Waals surface area (Å²) < 4.78 is 6.14. The summed E-state index contributed by atoms with van der Waals surface area (Å²) in [5.74, 6) is 0.934. The first-order chi connectivity index (χ1) is 24.3. The summed E-state index contributed by atoms with van der Waals surface area (Å²) in [6.45, 7) is 0. The summed E-state index contributed by atoms with van der Waals surface area (Å²) in [6, 6.07) is 57.0. The third-order valence-corrected chi connectivity index (χ3v) is 11.1. The van der Waals surface area contributed by atoms with Crippen molar-refractivity contribution in [3.05, 3.63) is 163 Å². The quantitative estimate of drug-likeness (QED) is 0.176. The van der Waals surface area contributed by atoms with Gasteiger partial charge in [0, 0.05) is 48.6 Å². The molecule has 0 aliphatic carbocycles. The van der Waals surface area contributed by atoms with E-state index in [1.165, 1.54) is 64.2 Å². The van der Waals surface area contributed by atoms with Gasteiger partial charge in [-0.15, -0.1) is 11.3 Å². The minimum absolute atomic E-state index is 0.934. The van der Waals surface area contributed by atoms with Crippen LogP contribution >= 0.6 is 11.3 Å². The fraction of sp³-hybridized carbons (Fsp3) is 0. The number of rotatable bonds is 3. The van der Waals surface area contributed by atoms with Crippen molar-refractivity contribution in [1.82, 2.24) is 14.1 Å². The van der Waals surface area contributed by atoms with E-state index in [0.29, 0.717) is 0 Å². The average molecular weight is 642 g/mol. The van der Waals surface area contributed by atoms with Crippen molar-refractivity contribution in [3.63, 3.8) is 0 Å². The van der Waals surface area contributed by atoms with Crippen LogP contribution < -0.4 is 0 Å². The second-order valence-electron chi connectivity index (χ2n) is 12.7. The minimum Gasteiger partial charge on any atom is -0.308 e. The molecule has 0 amide bonds. The van der Waals surface area contributed by atoms with Gasteiger partial charge in [0.05, 0.1) is 22.1 Å². The SMILES string of the molecule is c1ccc(-n2c(-c3ccc(-n4c5c6ccccc6c6ccccc6c5c5c6sccc6c6ccccc6c54)cc3)nc3ccccc32)cc1. The van der Waals surface area contributed by atoms with Crippen molar-refractivity contribution in [1.29, 1.82) is 0 Å². The molecule has 228 valence electrons. The number of thiophene rings is 1. The van der Waals surface area contributed by atoms with Gasteiger partial charge in [-0.2, -0.15) is 0 Å². The van der Waals surface area contributed by atoms with Gasteiger partial charge in [-0.05, 0) is 81.5 Å². The molecular formula is C45H27N3S. The molecule has 0 saturated heterocycles. The van der Waals surface area contributed by atoms with Crippen molar-refractivity contribution in [3.8, 4) is 22.8 Å². The van der Waals surface area contributed by atoms with Crippen LogP contribution in [0.15, 0.2) is 163 Å². The van der Waals surface area contributed by atoms with Gasteiger partial charge in [0.15, 0.2) is 0 Å². The second kappa shape index (κ2) is 10.1. The van der Waals surface area contributed by atoms with Crippen LogP contribution in [0.5, 0.6) is 0 Å². The number of nitrogens with zero attached hydrogens (tertiary/aromatic N) is 3. The van der Waals surface area contributed by atoms with Gasteiger partial charge in [0.2, 0.25) is 0 Å². The number of imidazole rings is 1. The van der Waals surface area contributed by atoms with Crippen molar-refractivity contribution in [2.24, 2.45) is 0 Å². The molecule has 0 saturated carbocycles. The van der Waals surface area contributed by atoms with Gasteiger partial charge < -0.3 is 4.57 Å². The molecule has 0 unspecified atom stereocenters. The molecule has 0 fully saturated rings. The van der Waals surface area contributed by atoms with E-state index < -0.39 is 0 Å². The molecule has 3 aromatic heterocycles. The third kappa shape index (κ3) is 3.69. The molecule has 0 atom stereocenters. The topological polar surface area (TPSA) is 22.8 Å². The van der Waals surface area contributed by atoms with Crippen molar-refractivity contribution in [2.45, 2.75) is 0 Å². The van der Waals surface area contributed by atoms with E-state index in [-0.39, 0.29) is 0 Å². The normalized spacial score (nSPS) is 12.1. The lowest BCUT2D eigenvalue weighted by atomic mass is 9.95. The molecule has 3 nitrogen and oxygen atoms in total. The Morgan fingerprint density at radius 2 is 0.959 bits per heavy atom. The fourth-order valence-corrected chi connectivity index (χ4v) is 9.10. The fourth-order valence-electron chi connectivity index (χ4n) is 8.14. The Bertz CT molecular complexity index is 3090. The molecule has 11 aromatic rings. The molecule has 0 N–H and O–H groups in total. The third-order valence-electron chi connectivity index (χ3n) is 10.2. The summed E-state index contributed by atoms with van der Waals surface area (Å²) >= 11 is 1.85. The van der Waals surface area contributed by atoms with Crippen LogP contribution in [0.2, 0.25) is 0 Å². The summed E-state index contributed by atoms with van der Waals surface area (Å²) in [6.07, 6.45) is 0. The van der Waals surface area contributed by atoms with E-state index in [9.17, 15) is 0 Å². The van der Waals surface area contributed by atoms with Crippen molar-refractivity contribution in [2.75, 3.05) is 0 Å². The van der Waals surface area contributed by atoms with Crippen LogP contribution in [0.1, 0.15) is 0 Å². The van der Waals surface area contributed by atoms with Gasteiger partial charge in [0.25, 0.3) is 0 Å². The standard InChI is InChI=1S/C45H27N3S/c1-2-12-29(13-3-1)47-39-21-11-10-20-38(39)46-45(47)28-22-24-30(25-23-28)48-42-35-18-8-5-15-32(35)31-14-4-7-17-34(31)40(42)41-43(48)36-19-9-6-16-33(36)37-26-27-49-44(37)41/h1-27H. The highest BCUT2D eigenvalue weighted by molar-refractivity contribution is 7.18. The molecule has 0 spiro atoms. The number of hydrogen-bond donors (Lipinski definition) is 0. The summed E-state index contributed by atoms with van der Waals surface area (Å²) in [5, 5.41) is 13.9. The molecule has 0 radical (unpaired) electrons. The van der Waals surface area contributed by atoms with Crippen LogP contribution in [0.4, 0.5) is 0 Å². The highest BCUT2D eigenvalue weighted by atomic mass is 32.1. The lowest BCUT2D eigenvalue weighted by Gasteiger charge is -2.14. The van der Waals surface area contributed by atoms with E-state index >= 15 is 0 Å². The Kier molecular flexibility index (Phi) is 5.54. The lowest BCUT2D eigenvalue weighted by Crippen LogP contribution is -1.99. The Morgan fingerprint density at radius 1 is 0.408 bits per heavy atom. The first-order valence-corrected chi connectivity index (χ1v) is 17.5. The number of para-hydroxylation sites is 3. The molecule has 0 bridgehead atoms. The van der Waals surface area contributed by atoms with Gasteiger partial charge in [-0.3, -0.25) is 4.57 Å². The summed E-state index contributed by atoms with van der Waals surface area (Å²) in [7, 11) is 0. The van der Waals surface area contributed by atoms with Crippen molar-refractivity contribution >= 4 is 86.6 Å². The molecule has 0 aliphatic heterocycles. The maximum atomic E-state index is 5.15. The molecule has 11 rings (SSSR count). The largest absolute Gasteiger partial charge is 0.308 e. The predicted molar refractivity (Wildman–Crippen MR) is 209 cm³/mol. The zero-order valence-electron chi connectivity index (χ0n) is 26.3. The van der Waals surface area contributed by atoms with Gasteiger partial charge in [-0.25, -0.2) is 4.98 Å². The van der Waals surface area contributed by atoms with Gasteiger partial charge >= 0.3 is 0 Å². The van der Waals surface area contributed by atoms with E-state index in [0.717, 1.165) is 33.8 Å². The number of hydrogen-bond acceptors (Lipinski definition) is 2. The maximum Gasteiger partial charge on any atom is 0.145 e. The van der Waals surface area contributed by atoms with E-state index in [2.05, 4.69) is 172 Å². The Balaban J connectivity index is 1.27. The first kappa shape index (κ1) is 26.8. The smallest absolute Gasteiger partial charge is 0.145 e. The highest BCUT2D eigenvalue weighted by Gasteiger charge is 2.24. The van der Waals surface area contributed by atoms with E-state index in [4.69, 9.17) is 4.98 Å². The van der Waals surface area contributed by atoms with E-state index in [1.54, 1.807) is 0 Å². The molecule has 4 heteroatoms. The molecule has 0 aliphatic rings. The number of benzene rings is 8. The first-order valence-electron chi connectivity index (χ1n) is 16.6. The number of aromatic nitrogens is 3. The van der Waals surface area contributed by atoms with E-state index in [1.807, 2.05) is 11.3 Å². The average Bonchev–Trinajstić information content (AvgIpc) is 3.90. The van der Waals surface area contributed by atoms with Crippen LogP contribution in [0, 0.1) is 0 Å². The summed E-state index contributed by atoms with van der Waals surface area (Å²) in [5.41, 5.74) is 7.89. The second-order valence-corrected chi connectivity index (χ2v) is 13.6. The Labute approximate surface area is 285 Å². The van der Waals surface area contributed by atoms with Gasteiger partial charge in [-0.1, -0.05) is 103 Å². The van der Waals surface area contributed by atoms with Gasteiger partial charge in [0.1, 0.15) is 5.82 Å². The molecule has 3 heterocycles. The van der Waals surface area contributed by atoms with Crippen molar-refractivity contribution < 1.29 is 0 Å². The van der Waals surface area contributed by atoms with Crippen LogP contribution in [-0.4, -0.2) is 14.1 Å². The van der Waals surface area contributed by atoms with Crippen LogP contribution in [0.25, 0.3) is 98.0 Å². The molecule has 8 aromatic carbocycles. The number of fused-ring (bicyclic) bond motifs is 14. The summed E-state index contributed by atoms with van der Waals surface area (Å²) in [4.78, 5) is 5.15. The Hall–Kier alpha value is -6.23. The monoisotopic (exact) mass is 641 g/mol. The maximum absolute atomic E-state index is 5.15. The zero-order valence-corrected chi connectivity index (χ0v) is 27.2. The predicted octanol–water partition coefficient (Wildman–Crippen LogP) is 12.5. The lowest BCUT2D eigenvalue weighted by molar-refractivity contribution is 1.10. The highest BCUT2D eigenvalue weighted by Crippen LogP contribution is 2.48. The molecule has 49 heavy (non-hydrogen) atoms. The van der Waals surface area contributed by atoms with Crippen LogP contribution in [0.3, 0.4) is 0 Å². The zero-order chi connectivity index (χ0) is 32.1. The molecular weight excluding hydrogens is 615 g/mol. The van der Waals surface area contributed by atoms with Crippen LogP contribution in [-0.2, 0) is 0 Å². The minimum atomic E-state index is 0.934.